The van der Waals surface area contributed by atoms with Crippen molar-refractivity contribution in [1.82, 2.24) is 9.80 Å². The molecule has 0 spiro atoms. The van der Waals surface area contributed by atoms with Crippen LogP contribution in [0, 0.1) is 0 Å². The van der Waals surface area contributed by atoms with E-state index in [1.54, 1.807) is 23.1 Å². The Balaban J connectivity index is 2.00. The van der Waals surface area contributed by atoms with Crippen LogP contribution >= 0.6 is 0 Å². The van der Waals surface area contributed by atoms with Crippen LogP contribution in [0.25, 0.3) is 0 Å². The van der Waals surface area contributed by atoms with Crippen LogP contribution < -0.4 is 14.8 Å². The molecular formula is C16H21N3O5. The Kier molecular flexibility index (Phi) is 5.62. The lowest BCUT2D eigenvalue weighted by atomic mass is 10.2. The van der Waals surface area contributed by atoms with Crippen LogP contribution in [0.4, 0.5) is 5.69 Å². The number of benzene rings is 1. The predicted octanol–water partition coefficient (Wildman–Crippen LogP) is 0.333. The first-order valence-electron chi connectivity index (χ1n) is 7.54. The van der Waals surface area contributed by atoms with Gasteiger partial charge in [-0.3, -0.25) is 14.4 Å². The average molecular weight is 335 g/mol. The Morgan fingerprint density at radius 3 is 2.17 bits per heavy atom. The highest BCUT2D eigenvalue weighted by atomic mass is 16.5. The summed E-state index contributed by atoms with van der Waals surface area (Å²) >= 11 is 0. The Morgan fingerprint density at radius 1 is 1.00 bits per heavy atom. The summed E-state index contributed by atoms with van der Waals surface area (Å²) in [6.45, 7) is 3.03. The van der Waals surface area contributed by atoms with Gasteiger partial charge < -0.3 is 24.6 Å². The van der Waals surface area contributed by atoms with Crippen molar-refractivity contribution in [2.75, 3.05) is 45.7 Å². The van der Waals surface area contributed by atoms with E-state index >= 15 is 0 Å². The molecule has 130 valence electrons. The number of ether oxygens (including phenoxy) is 2. The van der Waals surface area contributed by atoms with E-state index in [4.69, 9.17) is 9.47 Å². The van der Waals surface area contributed by atoms with Gasteiger partial charge in [0.15, 0.2) is 0 Å². The predicted molar refractivity (Wildman–Crippen MR) is 87.0 cm³/mol. The Hall–Kier alpha value is -2.77. The summed E-state index contributed by atoms with van der Waals surface area (Å²) < 4.78 is 10.3. The van der Waals surface area contributed by atoms with Crippen LogP contribution in [0.2, 0.25) is 0 Å². The fraction of sp³-hybridized carbons (Fsp3) is 0.438. The van der Waals surface area contributed by atoms with E-state index in [0.29, 0.717) is 43.4 Å². The number of hydrogen-bond donors (Lipinski definition) is 1. The second kappa shape index (κ2) is 7.67. The maximum absolute atomic E-state index is 12.2. The number of rotatable bonds is 3. The molecule has 0 unspecified atom stereocenters. The van der Waals surface area contributed by atoms with Crippen LogP contribution in [-0.4, -0.2) is 67.9 Å². The molecule has 0 radical (unpaired) electrons. The van der Waals surface area contributed by atoms with Crippen LogP contribution in [0.5, 0.6) is 11.5 Å². The maximum Gasteiger partial charge on any atom is 0.314 e. The molecule has 0 atom stereocenters. The summed E-state index contributed by atoms with van der Waals surface area (Å²) in [5.41, 5.74) is 0.388. The molecule has 1 saturated heterocycles. The lowest BCUT2D eigenvalue weighted by molar-refractivity contribution is -0.145. The van der Waals surface area contributed by atoms with E-state index in [0.717, 1.165) is 0 Å². The third kappa shape index (κ3) is 3.95. The van der Waals surface area contributed by atoms with Gasteiger partial charge in [0.2, 0.25) is 5.91 Å². The first-order valence-corrected chi connectivity index (χ1v) is 7.54. The number of hydrogen-bond acceptors (Lipinski definition) is 5. The van der Waals surface area contributed by atoms with Gasteiger partial charge in [-0.2, -0.15) is 0 Å². The highest BCUT2D eigenvalue weighted by molar-refractivity contribution is 6.39. The van der Waals surface area contributed by atoms with Crippen molar-refractivity contribution >= 4 is 23.4 Å². The lowest BCUT2D eigenvalue weighted by Crippen LogP contribution is -2.52. The fourth-order valence-electron chi connectivity index (χ4n) is 2.45. The average Bonchev–Trinajstić information content (AvgIpc) is 2.61. The number of methoxy groups -OCH3 is 2. The molecule has 1 aromatic rings. The molecule has 1 aromatic carbocycles. The van der Waals surface area contributed by atoms with Crippen LogP contribution in [-0.2, 0) is 14.4 Å². The van der Waals surface area contributed by atoms with E-state index in [1.165, 1.54) is 26.0 Å². The molecule has 8 heteroatoms. The Labute approximate surface area is 140 Å². The van der Waals surface area contributed by atoms with E-state index in [9.17, 15) is 14.4 Å². The molecule has 3 amide bonds. The molecule has 1 N–H and O–H groups in total. The van der Waals surface area contributed by atoms with Crippen LogP contribution in [0.1, 0.15) is 6.92 Å². The zero-order chi connectivity index (χ0) is 17.7. The standard InChI is InChI=1S/C16H21N3O5/c1-11(20)18-6-8-19(9-7-18)16(22)15(21)17-13-5-4-12(23-2)10-14(13)24-3/h4-5,10H,6-9H2,1-3H3,(H,17,21). The smallest absolute Gasteiger partial charge is 0.314 e. The van der Waals surface area contributed by atoms with Crippen LogP contribution in [0.15, 0.2) is 18.2 Å². The summed E-state index contributed by atoms with van der Waals surface area (Å²) in [5, 5.41) is 2.55. The Morgan fingerprint density at radius 2 is 1.62 bits per heavy atom. The minimum absolute atomic E-state index is 0.0329. The summed E-state index contributed by atoms with van der Waals surface area (Å²) in [6.07, 6.45) is 0. The molecule has 0 bridgehead atoms. The van der Waals surface area contributed by atoms with Gasteiger partial charge >= 0.3 is 11.8 Å². The van der Waals surface area contributed by atoms with Gasteiger partial charge in [0.05, 0.1) is 19.9 Å². The highest BCUT2D eigenvalue weighted by Crippen LogP contribution is 2.29. The van der Waals surface area contributed by atoms with Crippen molar-refractivity contribution in [2.45, 2.75) is 6.92 Å². The second-order valence-electron chi connectivity index (χ2n) is 5.32. The van der Waals surface area contributed by atoms with E-state index in [2.05, 4.69) is 5.32 Å². The van der Waals surface area contributed by atoms with Gasteiger partial charge in [-0.25, -0.2) is 0 Å². The SMILES string of the molecule is COc1ccc(NC(=O)C(=O)N2CCN(C(C)=O)CC2)c(OC)c1. The van der Waals surface area contributed by atoms with Gasteiger partial charge in [0.25, 0.3) is 0 Å². The molecule has 0 aliphatic carbocycles. The summed E-state index contributed by atoms with van der Waals surface area (Å²) in [4.78, 5) is 38.8. The third-order valence-corrected chi connectivity index (χ3v) is 3.86. The normalized spacial score (nSPS) is 14.1. The van der Waals surface area contributed by atoms with Crippen molar-refractivity contribution in [3.05, 3.63) is 18.2 Å². The van der Waals surface area contributed by atoms with Crippen molar-refractivity contribution in [3.63, 3.8) is 0 Å². The number of carbonyl (C=O) groups excluding carboxylic acids is 3. The van der Waals surface area contributed by atoms with E-state index < -0.39 is 11.8 Å². The minimum Gasteiger partial charge on any atom is -0.497 e. The fourth-order valence-corrected chi connectivity index (χ4v) is 2.45. The molecule has 2 rings (SSSR count). The van der Waals surface area contributed by atoms with Gasteiger partial charge in [0.1, 0.15) is 11.5 Å². The molecule has 8 nitrogen and oxygen atoms in total. The first-order chi connectivity index (χ1) is 11.5. The number of anilines is 1. The summed E-state index contributed by atoms with van der Waals surface area (Å²) in [6, 6.07) is 4.89. The number of amides is 3. The summed E-state index contributed by atoms with van der Waals surface area (Å²) in [5.74, 6) is -0.422. The van der Waals surface area contributed by atoms with Gasteiger partial charge in [0, 0.05) is 39.2 Å². The van der Waals surface area contributed by atoms with E-state index in [1.807, 2.05) is 0 Å². The largest absolute Gasteiger partial charge is 0.497 e. The maximum atomic E-state index is 12.2. The molecule has 1 heterocycles. The number of nitrogens with zero attached hydrogens (tertiary/aromatic N) is 2. The van der Waals surface area contributed by atoms with Crippen molar-refractivity contribution in [1.29, 1.82) is 0 Å². The summed E-state index contributed by atoms with van der Waals surface area (Å²) in [7, 11) is 2.99. The number of piperazine rings is 1. The number of carbonyl (C=O) groups is 3. The monoisotopic (exact) mass is 335 g/mol. The molecule has 0 saturated carbocycles. The molecule has 1 fully saturated rings. The van der Waals surface area contributed by atoms with Crippen LogP contribution in [0.3, 0.4) is 0 Å². The van der Waals surface area contributed by atoms with Gasteiger partial charge in [-0.05, 0) is 12.1 Å². The third-order valence-electron chi connectivity index (χ3n) is 3.86. The van der Waals surface area contributed by atoms with Gasteiger partial charge in [-0.1, -0.05) is 0 Å². The van der Waals surface area contributed by atoms with Crippen molar-refractivity contribution in [3.8, 4) is 11.5 Å². The quantitative estimate of drug-likeness (QED) is 0.805. The van der Waals surface area contributed by atoms with E-state index in [-0.39, 0.29) is 5.91 Å². The van der Waals surface area contributed by atoms with Gasteiger partial charge in [-0.15, -0.1) is 0 Å². The first kappa shape index (κ1) is 17.6. The highest BCUT2D eigenvalue weighted by Gasteiger charge is 2.27. The zero-order valence-corrected chi connectivity index (χ0v) is 14.0. The molecule has 1 aliphatic rings. The minimum atomic E-state index is -0.741. The van der Waals surface area contributed by atoms with Crippen molar-refractivity contribution < 1.29 is 23.9 Å². The second-order valence-corrected chi connectivity index (χ2v) is 5.32. The molecule has 24 heavy (non-hydrogen) atoms. The topological polar surface area (TPSA) is 88.2 Å². The molecule has 1 aliphatic heterocycles. The molecule has 0 aromatic heterocycles. The number of nitrogens with one attached hydrogen (secondary N) is 1. The van der Waals surface area contributed by atoms with Crippen molar-refractivity contribution in [2.24, 2.45) is 0 Å². The lowest BCUT2D eigenvalue weighted by Gasteiger charge is -2.33. The Bertz CT molecular complexity index is 639. The molecular weight excluding hydrogens is 314 g/mol. The zero-order valence-electron chi connectivity index (χ0n) is 14.0.